The summed E-state index contributed by atoms with van der Waals surface area (Å²) in [6.45, 7) is 0.153. The fourth-order valence-corrected chi connectivity index (χ4v) is 1.49. The van der Waals surface area contributed by atoms with Crippen LogP contribution in [0.5, 0.6) is 5.75 Å². The van der Waals surface area contributed by atoms with Crippen molar-refractivity contribution >= 4 is 5.69 Å². The number of fused-ring (bicyclic) bond motifs is 1. The Hall–Kier alpha value is -1.25. The third-order valence-corrected chi connectivity index (χ3v) is 2.02. The monoisotopic (exact) mass is 167 g/mol. The third-order valence-electron chi connectivity index (χ3n) is 2.02. The number of anilines is 1. The molecule has 1 N–H and O–H groups in total. The molecule has 0 aromatic heterocycles. The Labute approximate surface area is 70.3 Å². The highest BCUT2D eigenvalue weighted by Crippen LogP contribution is 2.32. The second kappa shape index (κ2) is 3.01. The predicted molar refractivity (Wildman–Crippen MR) is 45.2 cm³/mol. The maximum Gasteiger partial charge on any atom is 0.228 e. The van der Waals surface area contributed by atoms with Crippen molar-refractivity contribution in [2.45, 2.75) is 6.42 Å². The summed E-state index contributed by atoms with van der Waals surface area (Å²) >= 11 is 0. The molecule has 64 valence electrons. The summed E-state index contributed by atoms with van der Waals surface area (Å²) in [4.78, 5) is 0. The van der Waals surface area contributed by atoms with Gasteiger partial charge >= 0.3 is 0 Å². The molecule has 0 radical (unpaired) electrons. The summed E-state index contributed by atoms with van der Waals surface area (Å²) in [6.07, 6.45) is 0.999. The molecule has 1 aliphatic rings. The van der Waals surface area contributed by atoms with E-state index in [1.165, 1.54) is 5.56 Å². The Kier molecular flexibility index (Phi) is 1.86. The maximum atomic E-state index is 11.9. The van der Waals surface area contributed by atoms with E-state index in [0.717, 1.165) is 18.7 Å². The van der Waals surface area contributed by atoms with Crippen molar-refractivity contribution in [3.8, 4) is 5.75 Å². The van der Waals surface area contributed by atoms with E-state index in [9.17, 15) is 4.39 Å². The molecule has 12 heavy (non-hydrogen) atoms. The molecular formula is C9H10FNO. The molecular weight excluding hydrogens is 157 g/mol. The highest BCUT2D eigenvalue weighted by molar-refractivity contribution is 5.64. The lowest BCUT2D eigenvalue weighted by molar-refractivity contribution is 0.193. The smallest absolute Gasteiger partial charge is 0.228 e. The van der Waals surface area contributed by atoms with E-state index in [0.29, 0.717) is 5.75 Å². The van der Waals surface area contributed by atoms with E-state index in [2.05, 4.69) is 5.32 Å². The molecule has 0 fully saturated rings. The fourth-order valence-electron chi connectivity index (χ4n) is 1.49. The molecule has 0 amide bonds. The Morgan fingerprint density at radius 1 is 1.50 bits per heavy atom. The highest BCUT2D eigenvalue weighted by Gasteiger charge is 2.13. The predicted octanol–water partition coefficient (Wildman–Crippen LogP) is 1.96. The fraction of sp³-hybridized carbons (Fsp3) is 0.333. The quantitative estimate of drug-likeness (QED) is 0.727. The van der Waals surface area contributed by atoms with Crippen molar-refractivity contribution in [2.75, 3.05) is 18.7 Å². The van der Waals surface area contributed by atoms with Gasteiger partial charge in [0.2, 0.25) is 6.86 Å². The zero-order chi connectivity index (χ0) is 8.39. The normalized spacial score (nSPS) is 13.8. The van der Waals surface area contributed by atoms with E-state index in [-0.39, 0.29) is 0 Å². The summed E-state index contributed by atoms with van der Waals surface area (Å²) in [5, 5.41) is 3.16. The van der Waals surface area contributed by atoms with E-state index >= 15 is 0 Å². The lowest BCUT2D eigenvalue weighted by Crippen LogP contribution is -1.96. The number of rotatable bonds is 2. The molecule has 1 heterocycles. The van der Waals surface area contributed by atoms with Gasteiger partial charge in [-0.1, -0.05) is 12.1 Å². The topological polar surface area (TPSA) is 21.3 Å². The number of hydrogen-bond donors (Lipinski definition) is 1. The van der Waals surface area contributed by atoms with Crippen molar-refractivity contribution in [1.82, 2.24) is 0 Å². The highest BCUT2D eigenvalue weighted by atomic mass is 19.1. The van der Waals surface area contributed by atoms with Gasteiger partial charge in [-0.25, -0.2) is 4.39 Å². The molecule has 2 rings (SSSR count). The first kappa shape index (κ1) is 7.40. The lowest BCUT2D eigenvalue weighted by Gasteiger charge is -2.06. The molecule has 2 nitrogen and oxygen atoms in total. The second-order valence-electron chi connectivity index (χ2n) is 2.72. The SMILES string of the molecule is FCOc1cccc2c1NCC2. The van der Waals surface area contributed by atoms with Crippen LogP contribution in [0, 0.1) is 0 Å². The van der Waals surface area contributed by atoms with Crippen LogP contribution in [0.4, 0.5) is 10.1 Å². The van der Waals surface area contributed by atoms with Gasteiger partial charge in [-0.15, -0.1) is 0 Å². The number of halogens is 1. The number of benzene rings is 1. The zero-order valence-electron chi connectivity index (χ0n) is 6.64. The van der Waals surface area contributed by atoms with Crippen LogP contribution in [0.2, 0.25) is 0 Å². The Morgan fingerprint density at radius 2 is 2.42 bits per heavy atom. The van der Waals surface area contributed by atoms with Crippen LogP contribution in [0.15, 0.2) is 18.2 Å². The molecule has 0 unspecified atom stereocenters. The van der Waals surface area contributed by atoms with Gasteiger partial charge in [0.15, 0.2) is 0 Å². The third kappa shape index (κ3) is 1.11. The summed E-state index contributed by atoms with van der Waals surface area (Å²) in [6, 6.07) is 5.69. The van der Waals surface area contributed by atoms with Gasteiger partial charge in [0.05, 0.1) is 5.69 Å². The second-order valence-corrected chi connectivity index (χ2v) is 2.72. The summed E-state index contributed by atoms with van der Waals surface area (Å²) < 4.78 is 16.7. The van der Waals surface area contributed by atoms with Crippen LogP contribution in [-0.2, 0) is 6.42 Å². The van der Waals surface area contributed by atoms with Gasteiger partial charge in [-0.05, 0) is 18.1 Å². The maximum absolute atomic E-state index is 11.9. The van der Waals surface area contributed by atoms with Crippen molar-refractivity contribution < 1.29 is 9.13 Å². The number of hydrogen-bond acceptors (Lipinski definition) is 2. The summed E-state index contributed by atoms with van der Waals surface area (Å²) in [5.74, 6) is 0.618. The Bertz CT molecular complexity index is 288. The van der Waals surface area contributed by atoms with Crippen LogP contribution in [0.3, 0.4) is 0 Å². The van der Waals surface area contributed by atoms with Gasteiger partial charge < -0.3 is 10.1 Å². The standard InChI is InChI=1S/C9H10FNO/c10-6-12-8-3-1-2-7-4-5-11-9(7)8/h1-3,11H,4-6H2. The molecule has 3 heteroatoms. The molecule has 0 bridgehead atoms. The Morgan fingerprint density at radius 3 is 3.25 bits per heavy atom. The molecule has 1 aromatic rings. The van der Waals surface area contributed by atoms with Crippen LogP contribution < -0.4 is 10.1 Å². The van der Waals surface area contributed by atoms with Crippen LogP contribution in [0.1, 0.15) is 5.56 Å². The molecule has 1 aromatic carbocycles. The molecule has 0 atom stereocenters. The molecule has 0 aliphatic carbocycles. The van der Waals surface area contributed by atoms with Crippen molar-refractivity contribution in [3.05, 3.63) is 23.8 Å². The number of nitrogens with one attached hydrogen (secondary N) is 1. The molecule has 0 saturated carbocycles. The average molecular weight is 167 g/mol. The van der Waals surface area contributed by atoms with Crippen LogP contribution in [-0.4, -0.2) is 13.4 Å². The summed E-state index contributed by atoms with van der Waals surface area (Å²) in [5.41, 5.74) is 2.16. The van der Waals surface area contributed by atoms with E-state index < -0.39 is 6.86 Å². The van der Waals surface area contributed by atoms with Crippen LogP contribution >= 0.6 is 0 Å². The van der Waals surface area contributed by atoms with Gasteiger partial charge in [0, 0.05) is 6.54 Å². The minimum Gasteiger partial charge on any atom is -0.461 e. The minimum absolute atomic E-state index is 0.618. The van der Waals surface area contributed by atoms with E-state index in [4.69, 9.17) is 4.74 Å². The number of alkyl halides is 1. The molecule has 0 saturated heterocycles. The van der Waals surface area contributed by atoms with Gasteiger partial charge in [0.1, 0.15) is 5.75 Å². The number of ether oxygens (including phenoxy) is 1. The first-order valence-electron chi connectivity index (χ1n) is 3.96. The minimum atomic E-state index is -0.766. The van der Waals surface area contributed by atoms with Gasteiger partial charge in [0.25, 0.3) is 0 Å². The largest absolute Gasteiger partial charge is 0.461 e. The molecule has 1 aliphatic heterocycles. The lowest BCUT2D eigenvalue weighted by atomic mass is 10.1. The summed E-state index contributed by atoms with van der Waals surface area (Å²) in [7, 11) is 0. The van der Waals surface area contributed by atoms with Crippen molar-refractivity contribution in [1.29, 1.82) is 0 Å². The average Bonchev–Trinajstić information content (AvgIpc) is 2.53. The van der Waals surface area contributed by atoms with Gasteiger partial charge in [-0.2, -0.15) is 0 Å². The Balaban J connectivity index is 2.36. The van der Waals surface area contributed by atoms with E-state index in [1.54, 1.807) is 6.07 Å². The zero-order valence-corrected chi connectivity index (χ0v) is 6.64. The van der Waals surface area contributed by atoms with Crippen molar-refractivity contribution in [3.63, 3.8) is 0 Å². The van der Waals surface area contributed by atoms with Crippen molar-refractivity contribution in [2.24, 2.45) is 0 Å². The number of para-hydroxylation sites is 1. The van der Waals surface area contributed by atoms with Crippen LogP contribution in [0.25, 0.3) is 0 Å². The van der Waals surface area contributed by atoms with E-state index in [1.807, 2.05) is 12.1 Å². The molecule has 0 spiro atoms. The first-order chi connectivity index (χ1) is 5.92. The van der Waals surface area contributed by atoms with Gasteiger partial charge in [-0.3, -0.25) is 0 Å². The first-order valence-corrected chi connectivity index (χ1v) is 3.96.